The molecule has 4 rings (SSSR count). The zero-order valence-electron chi connectivity index (χ0n) is 16.6. The van der Waals surface area contributed by atoms with E-state index in [0.29, 0.717) is 55.5 Å². The van der Waals surface area contributed by atoms with Crippen LogP contribution in [0.25, 0.3) is 0 Å². The third-order valence-corrected chi connectivity index (χ3v) is 5.42. The second-order valence-electron chi connectivity index (χ2n) is 7.55. The van der Waals surface area contributed by atoms with E-state index in [4.69, 9.17) is 4.74 Å². The van der Waals surface area contributed by atoms with Gasteiger partial charge < -0.3 is 19.3 Å². The van der Waals surface area contributed by atoms with Crippen molar-refractivity contribution >= 4 is 23.1 Å². The number of carbonyl (C=O) groups is 2. The van der Waals surface area contributed by atoms with Crippen LogP contribution in [0.5, 0.6) is 5.75 Å². The number of fused-ring (bicyclic) bond motifs is 1. The number of amides is 1. The van der Waals surface area contributed by atoms with Crippen LogP contribution in [0.1, 0.15) is 25.3 Å². The van der Waals surface area contributed by atoms with Crippen molar-refractivity contribution < 1.29 is 27.8 Å². The van der Waals surface area contributed by atoms with Crippen molar-refractivity contribution in [3.8, 4) is 5.75 Å². The summed E-state index contributed by atoms with van der Waals surface area (Å²) in [6.07, 6.45) is 2.04. The van der Waals surface area contributed by atoms with E-state index in [9.17, 15) is 18.4 Å². The van der Waals surface area contributed by atoms with E-state index < -0.39 is 6.61 Å². The van der Waals surface area contributed by atoms with Crippen molar-refractivity contribution in [2.24, 2.45) is 4.99 Å². The largest absolute Gasteiger partial charge is 0.434 e. The van der Waals surface area contributed by atoms with Crippen LogP contribution in [-0.4, -0.2) is 61.3 Å². The normalized spacial score (nSPS) is 21.5. The molecule has 1 saturated heterocycles. The van der Waals surface area contributed by atoms with Crippen LogP contribution >= 0.6 is 0 Å². The topological polar surface area (TPSA) is 71.4 Å². The molecular formula is C21H23F2N3O4. The summed E-state index contributed by atoms with van der Waals surface area (Å²) in [6.45, 7) is 1.36. The number of alkyl halides is 2. The number of aliphatic imine (C=N–C) groups is 1. The molecule has 0 unspecified atom stereocenters. The lowest BCUT2D eigenvalue weighted by atomic mass is 10.1. The average Bonchev–Trinajstić information content (AvgIpc) is 3.05. The van der Waals surface area contributed by atoms with Crippen LogP contribution in [-0.2, 0) is 20.7 Å². The summed E-state index contributed by atoms with van der Waals surface area (Å²) in [5.41, 5.74) is 1.67. The van der Waals surface area contributed by atoms with Crippen molar-refractivity contribution in [3.63, 3.8) is 0 Å². The first kappa shape index (κ1) is 20.5. The van der Waals surface area contributed by atoms with Gasteiger partial charge in [-0.15, -0.1) is 0 Å². The van der Waals surface area contributed by atoms with Gasteiger partial charge in [0.15, 0.2) is 5.78 Å². The number of hydrogen-bond acceptors (Lipinski definition) is 6. The molecule has 0 spiro atoms. The maximum Gasteiger partial charge on any atom is 0.387 e. The van der Waals surface area contributed by atoms with E-state index in [1.807, 2.05) is 11.8 Å². The van der Waals surface area contributed by atoms with E-state index >= 15 is 0 Å². The Balaban J connectivity index is 1.52. The van der Waals surface area contributed by atoms with Crippen LogP contribution in [0.4, 0.5) is 14.5 Å². The summed E-state index contributed by atoms with van der Waals surface area (Å²) in [4.78, 5) is 33.4. The van der Waals surface area contributed by atoms with Crippen molar-refractivity contribution in [2.75, 3.05) is 31.2 Å². The standard InChI is InChI=1S/C21H23F2N3O4/c1-13-9-16-17(3-2-4-18(16)30-21(22)23)26(13)20(28)11-14-10-15(27)12-19(24-14)25-5-7-29-8-6-25/h2-4,12-13,21H,5-11H2,1H3/t13-/m0/s1. The Morgan fingerprint density at radius 1 is 1.33 bits per heavy atom. The molecule has 0 radical (unpaired) electrons. The summed E-state index contributed by atoms with van der Waals surface area (Å²) in [5.74, 6) is 0.356. The van der Waals surface area contributed by atoms with Crippen molar-refractivity contribution in [2.45, 2.75) is 38.8 Å². The van der Waals surface area contributed by atoms with E-state index in [0.717, 1.165) is 0 Å². The lowest BCUT2D eigenvalue weighted by Gasteiger charge is -2.30. The van der Waals surface area contributed by atoms with Gasteiger partial charge >= 0.3 is 6.61 Å². The minimum absolute atomic E-state index is 0.00285. The Labute approximate surface area is 172 Å². The van der Waals surface area contributed by atoms with Crippen LogP contribution in [0.3, 0.4) is 0 Å². The first-order chi connectivity index (χ1) is 14.4. The SMILES string of the molecule is C[C@H]1Cc2c(OC(F)F)cccc2N1C(=O)CC1=NC(N2CCOCC2)=CC(=O)C1. The second kappa shape index (κ2) is 8.51. The van der Waals surface area contributed by atoms with Gasteiger partial charge in [0.2, 0.25) is 5.91 Å². The Kier molecular flexibility index (Phi) is 5.80. The average molecular weight is 419 g/mol. The second-order valence-corrected chi connectivity index (χ2v) is 7.55. The summed E-state index contributed by atoms with van der Waals surface area (Å²) in [7, 11) is 0. The van der Waals surface area contributed by atoms with E-state index in [1.54, 1.807) is 17.0 Å². The van der Waals surface area contributed by atoms with Crippen LogP contribution < -0.4 is 9.64 Å². The number of hydrogen-bond donors (Lipinski definition) is 0. The van der Waals surface area contributed by atoms with Gasteiger partial charge in [-0.1, -0.05) is 6.07 Å². The highest BCUT2D eigenvalue weighted by molar-refractivity contribution is 6.16. The predicted molar refractivity (Wildman–Crippen MR) is 106 cm³/mol. The summed E-state index contributed by atoms with van der Waals surface area (Å²) in [6, 6.07) is 4.59. The number of nitrogens with zero attached hydrogens (tertiary/aromatic N) is 3. The molecular weight excluding hydrogens is 396 g/mol. The molecule has 3 aliphatic rings. The number of rotatable bonds is 5. The Morgan fingerprint density at radius 3 is 2.83 bits per heavy atom. The fourth-order valence-electron chi connectivity index (χ4n) is 4.14. The molecule has 1 amide bonds. The molecule has 1 fully saturated rings. The number of halogens is 2. The number of ether oxygens (including phenoxy) is 2. The first-order valence-corrected chi connectivity index (χ1v) is 9.95. The zero-order valence-corrected chi connectivity index (χ0v) is 16.6. The smallest absolute Gasteiger partial charge is 0.387 e. The molecule has 160 valence electrons. The van der Waals surface area contributed by atoms with Gasteiger partial charge in [0.05, 0.1) is 25.3 Å². The molecule has 0 aliphatic carbocycles. The fourth-order valence-corrected chi connectivity index (χ4v) is 4.14. The van der Waals surface area contributed by atoms with Crippen molar-refractivity contribution in [1.82, 2.24) is 4.90 Å². The molecule has 0 bridgehead atoms. The van der Waals surface area contributed by atoms with Crippen molar-refractivity contribution in [3.05, 3.63) is 35.7 Å². The van der Waals surface area contributed by atoms with Gasteiger partial charge in [-0.05, 0) is 25.5 Å². The molecule has 0 saturated carbocycles. The van der Waals surface area contributed by atoms with E-state index in [1.165, 1.54) is 12.1 Å². The fraction of sp³-hybridized carbons (Fsp3) is 0.476. The zero-order chi connectivity index (χ0) is 21.3. The Hall–Kier alpha value is -2.81. The summed E-state index contributed by atoms with van der Waals surface area (Å²) in [5, 5.41) is 0. The van der Waals surface area contributed by atoms with Gasteiger partial charge in [-0.3, -0.25) is 9.59 Å². The van der Waals surface area contributed by atoms with Gasteiger partial charge in [0.25, 0.3) is 0 Å². The minimum Gasteiger partial charge on any atom is -0.434 e. The summed E-state index contributed by atoms with van der Waals surface area (Å²) < 4.78 is 35.4. The van der Waals surface area contributed by atoms with Crippen molar-refractivity contribution in [1.29, 1.82) is 0 Å². The molecule has 7 nitrogen and oxygen atoms in total. The molecule has 9 heteroatoms. The number of allylic oxidation sites excluding steroid dienone is 1. The van der Waals surface area contributed by atoms with Crippen LogP contribution in [0.2, 0.25) is 0 Å². The lowest BCUT2D eigenvalue weighted by molar-refractivity contribution is -0.117. The van der Waals surface area contributed by atoms with E-state index in [2.05, 4.69) is 9.73 Å². The highest BCUT2D eigenvalue weighted by Gasteiger charge is 2.34. The van der Waals surface area contributed by atoms with Crippen LogP contribution in [0.15, 0.2) is 35.1 Å². The highest BCUT2D eigenvalue weighted by atomic mass is 19.3. The molecule has 30 heavy (non-hydrogen) atoms. The van der Waals surface area contributed by atoms with E-state index in [-0.39, 0.29) is 36.3 Å². The molecule has 0 N–H and O–H groups in total. The predicted octanol–water partition coefficient (Wildman–Crippen LogP) is 2.54. The molecule has 3 heterocycles. The number of morpholine rings is 1. The molecule has 1 aromatic carbocycles. The minimum atomic E-state index is -2.93. The maximum absolute atomic E-state index is 13.1. The monoisotopic (exact) mass is 419 g/mol. The quantitative estimate of drug-likeness (QED) is 0.734. The molecule has 1 atom stereocenters. The van der Waals surface area contributed by atoms with Crippen LogP contribution in [0, 0.1) is 0 Å². The molecule has 1 aromatic rings. The lowest BCUT2D eigenvalue weighted by Crippen LogP contribution is -2.38. The number of ketones is 1. The molecule has 0 aromatic heterocycles. The Morgan fingerprint density at radius 2 is 2.10 bits per heavy atom. The molecule has 3 aliphatic heterocycles. The van der Waals surface area contributed by atoms with Gasteiger partial charge in [-0.2, -0.15) is 8.78 Å². The number of benzene rings is 1. The van der Waals surface area contributed by atoms with Gasteiger partial charge in [-0.25, -0.2) is 4.99 Å². The third kappa shape index (κ3) is 4.21. The summed E-state index contributed by atoms with van der Waals surface area (Å²) >= 11 is 0. The number of anilines is 1. The Bertz CT molecular complexity index is 910. The maximum atomic E-state index is 13.1. The van der Waals surface area contributed by atoms with Gasteiger partial charge in [0, 0.05) is 42.9 Å². The van der Waals surface area contributed by atoms with Gasteiger partial charge in [0.1, 0.15) is 11.6 Å². The third-order valence-electron chi connectivity index (χ3n) is 5.42. The number of carbonyl (C=O) groups excluding carboxylic acids is 2. The first-order valence-electron chi connectivity index (χ1n) is 9.95. The highest BCUT2D eigenvalue weighted by Crippen LogP contribution is 2.39.